The molecular formula is C4H10O6P2. The van der Waals surface area contributed by atoms with E-state index in [1.807, 2.05) is 0 Å². The van der Waals surface area contributed by atoms with Gasteiger partial charge in [-0.25, -0.2) is 0 Å². The van der Waals surface area contributed by atoms with Gasteiger partial charge in [0.1, 0.15) is 0 Å². The largest absolute Gasteiger partial charge is 0.329 e. The van der Waals surface area contributed by atoms with Crippen LogP contribution >= 0.6 is 15.2 Å². The van der Waals surface area contributed by atoms with Crippen molar-refractivity contribution in [2.45, 2.75) is 0 Å². The monoisotopic (exact) mass is 216 g/mol. The van der Waals surface area contributed by atoms with Gasteiger partial charge in [-0.2, -0.15) is 0 Å². The molecule has 0 radical (unpaired) electrons. The van der Waals surface area contributed by atoms with E-state index in [0.29, 0.717) is 0 Å². The fourth-order valence-corrected chi connectivity index (χ4v) is 1.27. The molecule has 0 spiro atoms. The molecule has 0 heterocycles. The normalized spacial score (nSPS) is 14.0. The summed E-state index contributed by atoms with van der Waals surface area (Å²) in [7, 11) is -8.17. The summed E-state index contributed by atoms with van der Waals surface area (Å²) >= 11 is 0. The summed E-state index contributed by atoms with van der Waals surface area (Å²) < 4.78 is 20.4. The summed E-state index contributed by atoms with van der Waals surface area (Å²) in [6.07, 6.45) is 1.12. The van der Waals surface area contributed by atoms with Crippen molar-refractivity contribution in [2.24, 2.45) is 0 Å². The van der Waals surface area contributed by atoms with E-state index in [1.165, 1.54) is 0 Å². The van der Waals surface area contributed by atoms with E-state index in [9.17, 15) is 9.13 Å². The molecule has 0 rings (SSSR count). The SMILES string of the molecule is O=P(O)(O)CC=CCP(=O)(O)O. The van der Waals surface area contributed by atoms with Crippen LogP contribution in [0.4, 0.5) is 0 Å². The molecule has 0 fully saturated rings. The molecule has 72 valence electrons. The van der Waals surface area contributed by atoms with Crippen molar-refractivity contribution in [2.75, 3.05) is 12.3 Å². The number of hydrogen-bond donors (Lipinski definition) is 4. The van der Waals surface area contributed by atoms with Gasteiger partial charge in [-0.3, -0.25) is 9.13 Å². The number of hydrogen-bond acceptors (Lipinski definition) is 2. The maximum atomic E-state index is 10.2. The predicted octanol–water partition coefficient (Wildman–Crippen LogP) is -0.102. The third-order valence-corrected chi connectivity index (χ3v) is 2.23. The topological polar surface area (TPSA) is 115 Å². The van der Waals surface area contributed by atoms with Crippen molar-refractivity contribution in [3.63, 3.8) is 0 Å². The second-order valence-corrected chi connectivity index (χ2v) is 5.55. The van der Waals surface area contributed by atoms with E-state index < -0.39 is 27.5 Å². The van der Waals surface area contributed by atoms with Gasteiger partial charge >= 0.3 is 15.2 Å². The molecule has 0 aliphatic heterocycles. The highest BCUT2D eigenvalue weighted by molar-refractivity contribution is 7.52. The van der Waals surface area contributed by atoms with Gasteiger partial charge in [0.2, 0.25) is 0 Å². The number of allylic oxidation sites excluding steroid dienone is 2. The standard InChI is InChI=1S/C4H10O6P2/c5-11(6,7)3-1-2-4-12(8,9)10/h1-2H,3-4H2,(H2,5,6,7)(H2,8,9,10). The fourth-order valence-electron chi connectivity index (χ4n) is 0.424. The molecule has 0 saturated carbocycles. The van der Waals surface area contributed by atoms with Gasteiger partial charge in [0.25, 0.3) is 0 Å². The molecule has 0 aromatic rings. The first-order valence-electron chi connectivity index (χ1n) is 2.95. The van der Waals surface area contributed by atoms with Crippen LogP contribution in [0.5, 0.6) is 0 Å². The molecule has 12 heavy (non-hydrogen) atoms. The maximum absolute atomic E-state index is 10.2. The first-order valence-corrected chi connectivity index (χ1v) is 6.54. The predicted molar refractivity (Wildman–Crippen MR) is 43.0 cm³/mol. The Morgan fingerprint density at radius 1 is 0.833 bits per heavy atom. The second-order valence-electron chi connectivity index (χ2n) is 2.17. The van der Waals surface area contributed by atoms with Crippen LogP contribution in [0.25, 0.3) is 0 Å². The molecule has 0 aromatic carbocycles. The maximum Gasteiger partial charge on any atom is 0.329 e. The Labute approximate surface area is 69.2 Å². The minimum atomic E-state index is -4.09. The van der Waals surface area contributed by atoms with Gasteiger partial charge in [0.15, 0.2) is 0 Å². The highest BCUT2D eigenvalue weighted by atomic mass is 31.2. The Bertz CT molecular complexity index is 220. The lowest BCUT2D eigenvalue weighted by Gasteiger charge is -1.98. The molecule has 0 bridgehead atoms. The third kappa shape index (κ3) is 10.0. The molecule has 0 unspecified atom stereocenters. The van der Waals surface area contributed by atoms with Crippen molar-refractivity contribution in [1.29, 1.82) is 0 Å². The molecule has 0 aromatic heterocycles. The Kier molecular flexibility index (Phi) is 4.34. The summed E-state index contributed by atoms with van der Waals surface area (Å²) in [6.45, 7) is 0. The molecule has 8 heteroatoms. The average Bonchev–Trinajstić information content (AvgIpc) is 1.76. The van der Waals surface area contributed by atoms with Crippen LogP contribution in [0.15, 0.2) is 12.2 Å². The van der Waals surface area contributed by atoms with E-state index in [2.05, 4.69) is 0 Å². The van der Waals surface area contributed by atoms with Crippen molar-refractivity contribution < 1.29 is 28.7 Å². The van der Waals surface area contributed by atoms with Gasteiger partial charge < -0.3 is 19.6 Å². The van der Waals surface area contributed by atoms with E-state index >= 15 is 0 Å². The highest BCUT2D eigenvalue weighted by Gasteiger charge is 2.11. The van der Waals surface area contributed by atoms with Crippen LogP contribution in [-0.2, 0) is 9.13 Å². The molecule has 0 amide bonds. The van der Waals surface area contributed by atoms with Crippen molar-refractivity contribution in [1.82, 2.24) is 0 Å². The van der Waals surface area contributed by atoms with Crippen molar-refractivity contribution >= 4 is 15.2 Å². The van der Waals surface area contributed by atoms with Crippen LogP contribution in [0.2, 0.25) is 0 Å². The van der Waals surface area contributed by atoms with Gasteiger partial charge in [-0.05, 0) is 0 Å². The zero-order valence-corrected chi connectivity index (χ0v) is 7.86. The summed E-state index contributed by atoms with van der Waals surface area (Å²) in [5.74, 6) is 0. The van der Waals surface area contributed by atoms with E-state index in [4.69, 9.17) is 19.6 Å². The summed E-state index contributed by atoms with van der Waals surface area (Å²) in [5.41, 5.74) is 0. The smallest absolute Gasteiger partial charge is 0.324 e. The highest BCUT2D eigenvalue weighted by Crippen LogP contribution is 2.36. The zero-order chi connectivity index (χ0) is 9.83. The molecule has 0 atom stereocenters. The quantitative estimate of drug-likeness (QED) is 0.385. The van der Waals surface area contributed by atoms with Gasteiger partial charge in [0, 0.05) is 0 Å². The van der Waals surface area contributed by atoms with Crippen LogP contribution < -0.4 is 0 Å². The lowest BCUT2D eigenvalue weighted by Crippen LogP contribution is -1.85. The molecule has 6 nitrogen and oxygen atoms in total. The number of rotatable bonds is 4. The first kappa shape index (κ1) is 12.0. The van der Waals surface area contributed by atoms with E-state index in [0.717, 1.165) is 12.2 Å². The van der Waals surface area contributed by atoms with Crippen LogP contribution in [0.1, 0.15) is 0 Å². The Morgan fingerprint density at radius 3 is 1.25 bits per heavy atom. The van der Waals surface area contributed by atoms with Gasteiger partial charge in [-0.15, -0.1) is 0 Å². The van der Waals surface area contributed by atoms with Gasteiger partial charge in [0.05, 0.1) is 12.3 Å². The molecule has 0 saturated heterocycles. The summed E-state index contributed by atoms with van der Waals surface area (Å²) in [5, 5.41) is 0. The molecule has 4 N–H and O–H groups in total. The first-order chi connectivity index (χ1) is 5.21. The van der Waals surface area contributed by atoms with Crippen LogP contribution in [0, 0.1) is 0 Å². The minimum Gasteiger partial charge on any atom is -0.324 e. The third-order valence-electron chi connectivity index (χ3n) is 0.853. The lowest BCUT2D eigenvalue weighted by atomic mass is 10.6. The van der Waals surface area contributed by atoms with E-state index in [-0.39, 0.29) is 0 Å². The molecule has 0 aliphatic rings. The van der Waals surface area contributed by atoms with Crippen LogP contribution in [0.3, 0.4) is 0 Å². The fraction of sp³-hybridized carbons (Fsp3) is 0.500. The Balaban J connectivity index is 3.81. The van der Waals surface area contributed by atoms with E-state index in [1.54, 1.807) is 0 Å². The average molecular weight is 216 g/mol. The molecule has 0 aliphatic carbocycles. The Hall–Kier alpha value is 0.0400. The minimum absolute atomic E-state index is 0.493. The molecular weight excluding hydrogens is 206 g/mol. The summed E-state index contributed by atoms with van der Waals surface area (Å²) in [4.78, 5) is 33.3. The van der Waals surface area contributed by atoms with Gasteiger partial charge in [-0.1, -0.05) is 12.2 Å². The van der Waals surface area contributed by atoms with Crippen molar-refractivity contribution in [3.8, 4) is 0 Å². The lowest BCUT2D eigenvalue weighted by molar-refractivity contribution is 0.373. The van der Waals surface area contributed by atoms with Crippen LogP contribution in [-0.4, -0.2) is 31.9 Å². The summed E-state index contributed by atoms with van der Waals surface area (Å²) in [6, 6.07) is 0. The second kappa shape index (κ2) is 4.33. The Morgan fingerprint density at radius 2 is 1.08 bits per heavy atom. The van der Waals surface area contributed by atoms with Crippen molar-refractivity contribution in [3.05, 3.63) is 12.2 Å². The zero-order valence-electron chi connectivity index (χ0n) is 6.07.